The van der Waals surface area contributed by atoms with E-state index in [0.29, 0.717) is 6.54 Å². The number of nitro benzene ring substituents is 1. The zero-order valence-corrected chi connectivity index (χ0v) is 11.9. The zero-order chi connectivity index (χ0) is 14.7. The molecule has 2 rings (SSSR count). The molecule has 0 aliphatic carbocycles. The van der Waals surface area contributed by atoms with Crippen molar-refractivity contribution in [3.63, 3.8) is 0 Å². The van der Waals surface area contributed by atoms with Gasteiger partial charge < -0.3 is 5.32 Å². The molecule has 4 nitrogen and oxygen atoms in total. The highest BCUT2D eigenvalue weighted by Crippen LogP contribution is 2.23. The van der Waals surface area contributed by atoms with Crippen molar-refractivity contribution in [2.45, 2.75) is 27.3 Å². The molecule has 20 heavy (non-hydrogen) atoms. The van der Waals surface area contributed by atoms with E-state index in [2.05, 4.69) is 31.3 Å². The molecule has 0 saturated carbocycles. The van der Waals surface area contributed by atoms with Crippen LogP contribution in [0.3, 0.4) is 0 Å². The van der Waals surface area contributed by atoms with Crippen LogP contribution in [0.15, 0.2) is 36.4 Å². The molecule has 1 N–H and O–H groups in total. The number of benzene rings is 2. The maximum absolute atomic E-state index is 10.9. The Balaban J connectivity index is 2.19. The van der Waals surface area contributed by atoms with E-state index in [1.807, 2.05) is 12.1 Å². The summed E-state index contributed by atoms with van der Waals surface area (Å²) in [6.45, 7) is 6.48. The second-order valence-corrected chi connectivity index (χ2v) is 4.99. The largest absolute Gasteiger partial charge is 0.381 e. The van der Waals surface area contributed by atoms with E-state index in [-0.39, 0.29) is 10.6 Å². The first-order valence-electron chi connectivity index (χ1n) is 6.53. The fraction of sp³-hybridized carbons (Fsp3) is 0.250. The van der Waals surface area contributed by atoms with E-state index < -0.39 is 0 Å². The van der Waals surface area contributed by atoms with Gasteiger partial charge in [0, 0.05) is 23.9 Å². The molecule has 0 fully saturated rings. The SMILES string of the molecule is Cc1ccc(NCc2cccc([N+](=O)[O-])c2C)c(C)c1. The summed E-state index contributed by atoms with van der Waals surface area (Å²) in [6, 6.07) is 11.4. The molecule has 2 aromatic rings. The first-order valence-corrected chi connectivity index (χ1v) is 6.53. The van der Waals surface area contributed by atoms with E-state index >= 15 is 0 Å². The number of nitrogens with zero attached hydrogens (tertiary/aromatic N) is 1. The summed E-state index contributed by atoms with van der Waals surface area (Å²) in [5.74, 6) is 0. The van der Waals surface area contributed by atoms with Gasteiger partial charge in [0.15, 0.2) is 0 Å². The smallest absolute Gasteiger partial charge is 0.272 e. The van der Waals surface area contributed by atoms with Crippen molar-refractivity contribution in [1.29, 1.82) is 0 Å². The van der Waals surface area contributed by atoms with Crippen molar-refractivity contribution < 1.29 is 4.92 Å². The average molecular weight is 270 g/mol. The van der Waals surface area contributed by atoms with Gasteiger partial charge in [-0.3, -0.25) is 10.1 Å². The Morgan fingerprint density at radius 1 is 1.15 bits per heavy atom. The number of hydrogen-bond donors (Lipinski definition) is 1. The third-order valence-corrected chi connectivity index (χ3v) is 3.47. The predicted molar refractivity (Wildman–Crippen MR) is 81.1 cm³/mol. The fourth-order valence-electron chi connectivity index (χ4n) is 2.26. The normalized spacial score (nSPS) is 10.3. The lowest BCUT2D eigenvalue weighted by Gasteiger charge is -2.12. The first kappa shape index (κ1) is 14.1. The average Bonchev–Trinajstić information content (AvgIpc) is 2.39. The van der Waals surface area contributed by atoms with Crippen LogP contribution in [0, 0.1) is 30.9 Å². The van der Waals surface area contributed by atoms with Crippen molar-refractivity contribution in [2.24, 2.45) is 0 Å². The third-order valence-electron chi connectivity index (χ3n) is 3.47. The van der Waals surface area contributed by atoms with Crippen LogP contribution in [0.25, 0.3) is 0 Å². The Kier molecular flexibility index (Phi) is 4.03. The van der Waals surface area contributed by atoms with Gasteiger partial charge in [-0.2, -0.15) is 0 Å². The minimum Gasteiger partial charge on any atom is -0.381 e. The molecule has 104 valence electrons. The van der Waals surface area contributed by atoms with Gasteiger partial charge in [-0.05, 0) is 38.0 Å². The lowest BCUT2D eigenvalue weighted by atomic mass is 10.1. The highest BCUT2D eigenvalue weighted by molar-refractivity contribution is 5.53. The summed E-state index contributed by atoms with van der Waals surface area (Å²) in [6.07, 6.45) is 0. The molecule has 2 aromatic carbocycles. The Morgan fingerprint density at radius 3 is 2.55 bits per heavy atom. The summed E-state index contributed by atoms with van der Waals surface area (Å²) in [5.41, 5.74) is 5.29. The number of aryl methyl sites for hydroxylation is 2. The fourth-order valence-corrected chi connectivity index (χ4v) is 2.26. The molecule has 0 radical (unpaired) electrons. The second kappa shape index (κ2) is 5.74. The van der Waals surface area contributed by atoms with Crippen molar-refractivity contribution in [3.05, 3.63) is 68.8 Å². The molecule has 0 spiro atoms. The van der Waals surface area contributed by atoms with Crippen LogP contribution in [-0.4, -0.2) is 4.92 Å². The van der Waals surface area contributed by atoms with Gasteiger partial charge in [0.1, 0.15) is 0 Å². The van der Waals surface area contributed by atoms with Crippen molar-refractivity contribution in [2.75, 3.05) is 5.32 Å². The molecule has 0 bridgehead atoms. The van der Waals surface area contributed by atoms with Crippen LogP contribution in [0.1, 0.15) is 22.3 Å². The number of hydrogen-bond acceptors (Lipinski definition) is 3. The predicted octanol–water partition coefficient (Wildman–Crippen LogP) is 4.13. The lowest BCUT2D eigenvalue weighted by molar-refractivity contribution is -0.385. The summed E-state index contributed by atoms with van der Waals surface area (Å²) in [5, 5.41) is 14.3. The van der Waals surface area contributed by atoms with E-state index in [1.54, 1.807) is 13.0 Å². The number of nitro groups is 1. The minimum atomic E-state index is -0.337. The molecular formula is C16H18N2O2. The molecule has 0 saturated heterocycles. The van der Waals surface area contributed by atoms with Gasteiger partial charge >= 0.3 is 0 Å². The Hall–Kier alpha value is -2.36. The zero-order valence-electron chi connectivity index (χ0n) is 11.9. The highest BCUT2D eigenvalue weighted by atomic mass is 16.6. The van der Waals surface area contributed by atoms with Crippen LogP contribution >= 0.6 is 0 Å². The van der Waals surface area contributed by atoms with Crippen LogP contribution in [0.5, 0.6) is 0 Å². The molecule has 0 unspecified atom stereocenters. The van der Waals surface area contributed by atoms with Crippen LogP contribution in [0.2, 0.25) is 0 Å². The van der Waals surface area contributed by atoms with Gasteiger partial charge in [-0.1, -0.05) is 29.8 Å². The minimum absolute atomic E-state index is 0.171. The van der Waals surface area contributed by atoms with E-state index in [4.69, 9.17) is 0 Å². The maximum Gasteiger partial charge on any atom is 0.272 e. The van der Waals surface area contributed by atoms with Gasteiger partial charge in [0.2, 0.25) is 0 Å². The maximum atomic E-state index is 10.9. The molecule has 0 heterocycles. The quantitative estimate of drug-likeness (QED) is 0.671. The Morgan fingerprint density at radius 2 is 1.90 bits per heavy atom. The van der Waals surface area contributed by atoms with E-state index in [0.717, 1.165) is 16.8 Å². The molecule has 0 aliphatic rings. The summed E-state index contributed by atoms with van der Waals surface area (Å²) in [7, 11) is 0. The standard InChI is InChI=1S/C16H18N2O2/c1-11-7-8-15(12(2)9-11)17-10-14-5-4-6-16(13(14)3)18(19)20/h4-9,17H,10H2,1-3H3. The van der Waals surface area contributed by atoms with Gasteiger partial charge in [-0.25, -0.2) is 0 Å². The molecular weight excluding hydrogens is 252 g/mol. The van der Waals surface area contributed by atoms with Crippen molar-refractivity contribution in [3.8, 4) is 0 Å². The van der Waals surface area contributed by atoms with Crippen LogP contribution in [0.4, 0.5) is 11.4 Å². The Labute approximate surface area is 118 Å². The lowest BCUT2D eigenvalue weighted by Crippen LogP contribution is -2.04. The molecule has 4 heteroatoms. The number of nitrogens with one attached hydrogen (secondary N) is 1. The van der Waals surface area contributed by atoms with E-state index in [1.165, 1.54) is 17.2 Å². The van der Waals surface area contributed by atoms with Crippen molar-refractivity contribution >= 4 is 11.4 Å². The summed E-state index contributed by atoms with van der Waals surface area (Å²) >= 11 is 0. The second-order valence-electron chi connectivity index (χ2n) is 4.99. The third kappa shape index (κ3) is 2.96. The number of anilines is 1. The highest BCUT2D eigenvalue weighted by Gasteiger charge is 2.12. The first-order chi connectivity index (χ1) is 9.49. The van der Waals surface area contributed by atoms with E-state index in [9.17, 15) is 10.1 Å². The molecule has 0 atom stereocenters. The van der Waals surface area contributed by atoms with Crippen molar-refractivity contribution in [1.82, 2.24) is 0 Å². The topological polar surface area (TPSA) is 55.2 Å². The Bertz CT molecular complexity index is 651. The molecule has 0 aromatic heterocycles. The molecule has 0 aliphatic heterocycles. The monoisotopic (exact) mass is 270 g/mol. The summed E-state index contributed by atoms with van der Waals surface area (Å²) in [4.78, 5) is 10.6. The van der Waals surface area contributed by atoms with Crippen LogP contribution < -0.4 is 5.32 Å². The van der Waals surface area contributed by atoms with Gasteiger partial charge in [0.25, 0.3) is 5.69 Å². The summed E-state index contributed by atoms with van der Waals surface area (Å²) < 4.78 is 0. The van der Waals surface area contributed by atoms with Crippen LogP contribution in [-0.2, 0) is 6.54 Å². The molecule has 0 amide bonds. The number of rotatable bonds is 4. The van der Waals surface area contributed by atoms with Gasteiger partial charge in [-0.15, -0.1) is 0 Å². The van der Waals surface area contributed by atoms with Gasteiger partial charge in [0.05, 0.1) is 4.92 Å².